The van der Waals surface area contributed by atoms with E-state index < -0.39 is 0 Å². The van der Waals surface area contributed by atoms with Crippen LogP contribution in [0.5, 0.6) is 0 Å². The first-order chi connectivity index (χ1) is 11.6. The number of morpholine rings is 1. The molecule has 1 N–H and O–H groups in total. The molecule has 3 rings (SSSR count). The molecule has 0 atom stereocenters. The Kier molecular flexibility index (Phi) is 5.16. The number of aryl methyl sites for hydroxylation is 2. The zero-order valence-corrected chi connectivity index (χ0v) is 14.3. The Balaban J connectivity index is 1.59. The van der Waals surface area contributed by atoms with Crippen LogP contribution in [0.1, 0.15) is 27.0 Å². The van der Waals surface area contributed by atoms with E-state index in [1.165, 1.54) is 11.3 Å². The third kappa shape index (κ3) is 3.95. The summed E-state index contributed by atoms with van der Waals surface area (Å²) < 4.78 is 5.38. The highest BCUT2D eigenvalue weighted by atomic mass is 16.5. The summed E-state index contributed by atoms with van der Waals surface area (Å²) in [5.41, 5.74) is 5.23. The lowest BCUT2D eigenvalue weighted by Gasteiger charge is -2.28. The van der Waals surface area contributed by atoms with Crippen LogP contribution in [0.2, 0.25) is 0 Å². The van der Waals surface area contributed by atoms with Gasteiger partial charge in [0.1, 0.15) is 0 Å². The molecule has 0 saturated carbocycles. The molecule has 24 heavy (non-hydrogen) atoms. The van der Waals surface area contributed by atoms with Crippen molar-refractivity contribution in [2.24, 2.45) is 0 Å². The number of nitrogens with zero attached hydrogens (tertiary/aromatic N) is 1. The molecule has 0 aromatic heterocycles. The number of anilines is 1. The molecule has 1 saturated heterocycles. The number of rotatable bonds is 4. The van der Waals surface area contributed by atoms with Crippen molar-refractivity contribution < 1.29 is 9.53 Å². The smallest absolute Gasteiger partial charge is 0.251 e. The van der Waals surface area contributed by atoms with Crippen LogP contribution < -0.4 is 10.2 Å². The molecular formula is C20H24N2O2. The quantitative estimate of drug-likeness (QED) is 0.940. The molecule has 1 heterocycles. The van der Waals surface area contributed by atoms with Gasteiger partial charge in [-0.1, -0.05) is 29.8 Å². The van der Waals surface area contributed by atoms with E-state index >= 15 is 0 Å². The Hall–Kier alpha value is -2.33. The van der Waals surface area contributed by atoms with Crippen molar-refractivity contribution in [3.05, 3.63) is 64.7 Å². The first-order valence-corrected chi connectivity index (χ1v) is 8.40. The number of carbonyl (C=O) groups is 1. The molecule has 4 nitrogen and oxygen atoms in total. The van der Waals surface area contributed by atoms with E-state index in [9.17, 15) is 4.79 Å². The summed E-state index contributed by atoms with van der Waals surface area (Å²) in [6, 6.07) is 14.3. The van der Waals surface area contributed by atoms with Crippen LogP contribution in [0, 0.1) is 13.8 Å². The van der Waals surface area contributed by atoms with Crippen molar-refractivity contribution >= 4 is 11.6 Å². The van der Waals surface area contributed by atoms with E-state index in [0.29, 0.717) is 6.54 Å². The summed E-state index contributed by atoms with van der Waals surface area (Å²) in [5.74, 6) is -0.0234. The number of hydrogen-bond acceptors (Lipinski definition) is 3. The highest BCUT2D eigenvalue weighted by Crippen LogP contribution is 2.17. The van der Waals surface area contributed by atoms with E-state index in [1.54, 1.807) is 0 Å². The first kappa shape index (κ1) is 16.5. The van der Waals surface area contributed by atoms with Gasteiger partial charge < -0.3 is 15.0 Å². The van der Waals surface area contributed by atoms with Crippen LogP contribution in [0.4, 0.5) is 5.69 Å². The van der Waals surface area contributed by atoms with Gasteiger partial charge in [-0.25, -0.2) is 0 Å². The summed E-state index contributed by atoms with van der Waals surface area (Å²) >= 11 is 0. The van der Waals surface area contributed by atoms with Crippen LogP contribution in [0.3, 0.4) is 0 Å². The largest absolute Gasteiger partial charge is 0.378 e. The van der Waals surface area contributed by atoms with Crippen molar-refractivity contribution in [1.82, 2.24) is 5.32 Å². The van der Waals surface area contributed by atoms with Gasteiger partial charge in [0.2, 0.25) is 0 Å². The van der Waals surface area contributed by atoms with Gasteiger partial charge in [-0.2, -0.15) is 0 Å². The molecule has 4 heteroatoms. The van der Waals surface area contributed by atoms with E-state index in [0.717, 1.165) is 43.0 Å². The van der Waals surface area contributed by atoms with E-state index in [2.05, 4.69) is 34.5 Å². The van der Waals surface area contributed by atoms with Gasteiger partial charge in [-0.15, -0.1) is 0 Å². The Bertz CT molecular complexity index is 704. The summed E-state index contributed by atoms with van der Waals surface area (Å²) in [6.07, 6.45) is 0. The fourth-order valence-electron chi connectivity index (χ4n) is 2.99. The molecule has 2 aromatic rings. The van der Waals surface area contributed by atoms with Crippen LogP contribution >= 0.6 is 0 Å². The number of benzene rings is 2. The van der Waals surface area contributed by atoms with Gasteiger partial charge in [0, 0.05) is 30.9 Å². The van der Waals surface area contributed by atoms with Gasteiger partial charge in [0.25, 0.3) is 5.91 Å². The summed E-state index contributed by atoms with van der Waals surface area (Å²) in [4.78, 5) is 14.7. The SMILES string of the molecule is Cc1ccc(C(=O)NCc2ccc(N3CCOCC3)cc2)c(C)c1. The second-order valence-corrected chi connectivity index (χ2v) is 6.27. The second kappa shape index (κ2) is 7.49. The average molecular weight is 324 g/mol. The normalized spacial score (nSPS) is 14.5. The second-order valence-electron chi connectivity index (χ2n) is 6.27. The van der Waals surface area contributed by atoms with Gasteiger partial charge in [0.05, 0.1) is 13.2 Å². The Morgan fingerprint density at radius 2 is 1.79 bits per heavy atom. The molecule has 0 aliphatic carbocycles. The van der Waals surface area contributed by atoms with Crippen molar-refractivity contribution in [1.29, 1.82) is 0 Å². The van der Waals surface area contributed by atoms with Gasteiger partial charge in [-0.05, 0) is 43.2 Å². The van der Waals surface area contributed by atoms with Crippen LogP contribution in [-0.4, -0.2) is 32.2 Å². The fourth-order valence-corrected chi connectivity index (χ4v) is 2.99. The number of carbonyl (C=O) groups excluding carboxylic acids is 1. The number of amides is 1. The van der Waals surface area contributed by atoms with Gasteiger partial charge >= 0.3 is 0 Å². The molecule has 2 aromatic carbocycles. The highest BCUT2D eigenvalue weighted by Gasteiger charge is 2.11. The molecule has 126 valence electrons. The topological polar surface area (TPSA) is 41.6 Å². The van der Waals surface area contributed by atoms with Gasteiger partial charge in [0.15, 0.2) is 0 Å². The maximum atomic E-state index is 12.3. The number of hydrogen-bond donors (Lipinski definition) is 1. The van der Waals surface area contributed by atoms with Crippen LogP contribution in [-0.2, 0) is 11.3 Å². The third-order valence-electron chi connectivity index (χ3n) is 4.39. The molecule has 0 unspecified atom stereocenters. The Morgan fingerprint density at radius 3 is 2.46 bits per heavy atom. The van der Waals surface area contributed by atoms with Gasteiger partial charge in [-0.3, -0.25) is 4.79 Å². The third-order valence-corrected chi connectivity index (χ3v) is 4.39. The van der Waals surface area contributed by atoms with Crippen LogP contribution in [0.15, 0.2) is 42.5 Å². The standard InChI is InChI=1S/C20H24N2O2/c1-15-3-8-19(16(2)13-15)20(23)21-14-17-4-6-18(7-5-17)22-9-11-24-12-10-22/h3-8,13H,9-12,14H2,1-2H3,(H,21,23). The summed E-state index contributed by atoms with van der Waals surface area (Å²) in [7, 11) is 0. The molecule has 1 amide bonds. The lowest BCUT2D eigenvalue weighted by Crippen LogP contribution is -2.36. The minimum absolute atomic E-state index is 0.0234. The van der Waals surface area contributed by atoms with Crippen LogP contribution in [0.25, 0.3) is 0 Å². The molecule has 0 radical (unpaired) electrons. The minimum atomic E-state index is -0.0234. The zero-order valence-electron chi connectivity index (χ0n) is 14.3. The molecule has 1 aliphatic heterocycles. The number of nitrogens with one attached hydrogen (secondary N) is 1. The van der Waals surface area contributed by atoms with Crippen molar-refractivity contribution in [2.45, 2.75) is 20.4 Å². The molecular weight excluding hydrogens is 300 g/mol. The first-order valence-electron chi connectivity index (χ1n) is 8.40. The maximum absolute atomic E-state index is 12.3. The highest BCUT2D eigenvalue weighted by molar-refractivity contribution is 5.95. The van der Waals surface area contributed by atoms with E-state index in [-0.39, 0.29) is 5.91 Å². The average Bonchev–Trinajstić information content (AvgIpc) is 2.61. The predicted molar refractivity (Wildman–Crippen MR) is 96.6 cm³/mol. The fraction of sp³-hybridized carbons (Fsp3) is 0.350. The predicted octanol–water partition coefficient (Wildman–Crippen LogP) is 3.07. The summed E-state index contributed by atoms with van der Waals surface area (Å²) in [6.45, 7) is 7.98. The monoisotopic (exact) mass is 324 g/mol. The zero-order chi connectivity index (χ0) is 16.9. The lowest BCUT2D eigenvalue weighted by molar-refractivity contribution is 0.0950. The Labute approximate surface area is 143 Å². The summed E-state index contributed by atoms with van der Waals surface area (Å²) in [5, 5.41) is 3.00. The van der Waals surface area contributed by atoms with E-state index in [1.807, 2.05) is 32.0 Å². The maximum Gasteiger partial charge on any atom is 0.251 e. The molecule has 1 aliphatic rings. The molecule has 0 spiro atoms. The van der Waals surface area contributed by atoms with Crippen molar-refractivity contribution in [2.75, 3.05) is 31.2 Å². The Morgan fingerprint density at radius 1 is 1.08 bits per heavy atom. The van der Waals surface area contributed by atoms with E-state index in [4.69, 9.17) is 4.74 Å². The molecule has 0 bridgehead atoms. The van der Waals surface area contributed by atoms with Crippen molar-refractivity contribution in [3.8, 4) is 0 Å². The number of ether oxygens (including phenoxy) is 1. The minimum Gasteiger partial charge on any atom is -0.378 e. The lowest BCUT2D eigenvalue weighted by atomic mass is 10.1. The van der Waals surface area contributed by atoms with Crippen molar-refractivity contribution in [3.63, 3.8) is 0 Å². The molecule has 1 fully saturated rings.